The summed E-state index contributed by atoms with van der Waals surface area (Å²) in [5, 5.41) is 11.2. The van der Waals surface area contributed by atoms with Crippen molar-refractivity contribution in [3.63, 3.8) is 0 Å². The first-order valence-electron chi connectivity index (χ1n) is 16.8. The fourth-order valence-electron chi connectivity index (χ4n) is 7.68. The molecule has 0 fully saturated rings. The second kappa shape index (κ2) is 10.8. The molecule has 4 heteroatoms. The molecule has 0 saturated heterocycles. The van der Waals surface area contributed by atoms with Crippen LogP contribution in [0.15, 0.2) is 158 Å². The minimum atomic E-state index is 0.901. The fraction of sp³-hybridized carbons (Fsp3) is 0. The highest BCUT2D eigenvalue weighted by molar-refractivity contribution is 7.26. The van der Waals surface area contributed by atoms with Crippen molar-refractivity contribution in [2.24, 2.45) is 0 Å². The van der Waals surface area contributed by atoms with Crippen molar-refractivity contribution in [2.75, 3.05) is 0 Å². The van der Waals surface area contributed by atoms with Gasteiger partial charge in [-0.1, -0.05) is 127 Å². The highest BCUT2D eigenvalue weighted by atomic mass is 32.1. The lowest BCUT2D eigenvalue weighted by atomic mass is 9.92. The van der Waals surface area contributed by atoms with E-state index in [0.29, 0.717) is 0 Å². The van der Waals surface area contributed by atoms with E-state index in [1.165, 1.54) is 62.8 Å². The lowest BCUT2D eigenvalue weighted by Crippen LogP contribution is -1.96. The summed E-state index contributed by atoms with van der Waals surface area (Å²) in [6, 6.07) is 57.1. The van der Waals surface area contributed by atoms with Crippen molar-refractivity contribution in [1.29, 1.82) is 0 Å². The third kappa shape index (κ3) is 4.19. The first-order valence-corrected chi connectivity index (χ1v) is 18.5. The van der Waals surface area contributed by atoms with Crippen LogP contribution in [0.1, 0.15) is 0 Å². The second-order valence-electron chi connectivity index (χ2n) is 12.9. The largest absolute Gasteiger partial charge is 0.242 e. The molecule has 232 valence electrons. The molecule has 0 N–H and O–H groups in total. The van der Waals surface area contributed by atoms with E-state index < -0.39 is 0 Å². The number of hydrogen-bond donors (Lipinski definition) is 0. The van der Waals surface area contributed by atoms with Crippen LogP contribution in [0, 0.1) is 0 Å². The van der Waals surface area contributed by atoms with Crippen LogP contribution in [0.5, 0.6) is 0 Å². The number of hydrogen-bond acceptors (Lipinski definition) is 4. The van der Waals surface area contributed by atoms with Gasteiger partial charge in [0.2, 0.25) is 0 Å². The Labute approximate surface area is 295 Å². The van der Waals surface area contributed by atoms with Crippen LogP contribution >= 0.6 is 22.7 Å². The normalized spacial score (nSPS) is 12.0. The SMILES string of the molecule is c1ccc(-c2cccc(-c3nc4c(nc3-c3cc5ccccc5c5cc6c(cc35)sc3c5ccccc5ccc63)sc3ccccc34)c2)cc1. The highest BCUT2D eigenvalue weighted by Gasteiger charge is 2.21. The molecule has 0 aliphatic carbocycles. The second-order valence-corrected chi connectivity index (χ2v) is 15.0. The first kappa shape index (κ1) is 28.0. The molecule has 0 aliphatic heterocycles. The Kier molecular flexibility index (Phi) is 6.03. The average molecular weight is 671 g/mol. The molecule has 0 saturated carbocycles. The molecule has 0 atom stereocenters. The molecular formula is C46H26N2S2. The fourth-order valence-corrected chi connectivity index (χ4v) is 9.96. The van der Waals surface area contributed by atoms with Gasteiger partial charge in [0.1, 0.15) is 10.3 Å². The molecule has 0 unspecified atom stereocenters. The monoisotopic (exact) mass is 670 g/mol. The van der Waals surface area contributed by atoms with Gasteiger partial charge in [0.25, 0.3) is 0 Å². The number of rotatable bonds is 3. The Morgan fingerprint density at radius 1 is 0.360 bits per heavy atom. The predicted molar refractivity (Wildman–Crippen MR) is 217 cm³/mol. The summed E-state index contributed by atoms with van der Waals surface area (Å²) in [5.74, 6) is 0. The van der Waals surface area contributed by atoms with Crippen LogP contribution in [0.25, 0.3) is 107 Å². The van der Waals surface area contributed by atoms with Crippen molar-refractivity contribution in [2.45, 2.75) is 0 Å². The van der Waals surface area contributed by atoms with Gasteiger partial charge in [-0.05, 0) is 73.8 Å². The third-order valence-corrected chi connectivity index (χ3v) is 12.3. The van der Waals surface area contributed by atoms with Gasteiger partial charge < -0.3 is 0 Å². The third-order valence-electron chi connectivity index (χ3n) is 10.1. The van der Waals surface area contributed by atoms with Crippen LogP contribution in [0.3, 0.4) is 0 Å². The van der Waals surface area contributed by atoms with Gasteiger partial charge in [0.05, 0.1) is 11.4 Å². The molecule has 8 aromatic carbocycles. The zero-order chi connectivity index (χ0) is 32.8. The van der Waals surface area contributed by atoms with Crippen molar-refractivity contribution in [3.05, 3.63) is 158 Å². The highest BCUT2D eigenvalue weighted by Crippen LogP contribution is 2.46. The van der Waals surface area contributed by atoms with Crippen molar-refractivity contribution in [3.8, 4) is 33.6 Å². The van der Waals surface area contributed by atoms with Crippen LogP contribution < -0.4 is 0 Å². The molecule has 0 spiro atoms. The molecule has 50 heavy (non-hydrogen) atoms. The van der Waals surface area contributed by atoms with Gasteiger partial charge in [-0.15, -0.1) is 22.7 Å². The van der Waals surface area contributed by atoms with Crippen molar-refractivity contribution >= 4 is 95.6 Å². The molecule has 11 rings (SSSR count). The maximum Gasteiger partial charge on any atom is 0.143 e. The molecule has 0 amide bonds. The molecular weight excluding hydrogens is 645 g/mol. The smallest absolute Gasteiger partial charge is 0.143 e. The van der Waals surface area contributed by atoms with Crippen LogP contribution in [0.4, 0.5) is 0 Å². The number of fused-ring (bicyclic) bond motifs is 11. The lowest BCUT2D eigenvalue weighted by molar-refractivity contribution is 1.32. The van der Waals surface area contributed by atoms with Crippen LogP contribution in [-0.2, 0) is 0 Å². The molecule has 3 aromatic heterocycles. The minimum Gasteiger partial charge on any atom is -0.242 e. The van der Waals surface area contributed by atoms with Gasteiger partial charge in [-0.25, -0.2) is 9.97 Å². The van der Waals surface area contributed by atoms with Crippen molar-refractivity contribution in [1.82, 2.24) is 9.97 Å². The van der Waals surface area contributed by atoms with Gasteiger partial charge >= 0.3 is 0 Å². The molecule has 11 aromatic rings. The Bertz CT molecular complexity index is 3150. The summed E-state index contributed by atoms with van der Waals surface area (Å²) in [6.07, 6.45) is 0. The van der Waals surface area contributed by atoms with E-state index in [0.717, 1.165) is 43.8 Å². The molecule has 0 radical (unpaired) electrons. The van der Waals surface area contributed by atoms with E-state index in [4.69, 9.17) is 9.97 Å². The summed E-state index contributed by atoms with van der Waals surface area (Å²) in [5.41, 5.74) is 7.28. The first-order chi connectivity index (χ1) is 24.8. The van der Waals surface area contributed by atoms with Gasteiger partial charge in [-0.2, -0.15) is 0 Å². The topological polar surface area (TPSA) is 25.8 Å². The Hall–Kier alpha value is -5.94. The van der Waals surface area contributed by atoms with E-state index in [-0.39, 0.29) is 0 Å². The lowest BCUT2D eigenvalue weighted by Gasteiger charge is -2.15. The number of nitrogens with zero attached hydrogens (tertiary/aromatic N) is 2. The summed E-state index contributed by atoms with van der Waals surface area (Å²) in [6.45, 7) is 0. The maximum absolute atomic E-state index is 5.54. The Morgan fingerprint density at radius 3 is 2.00 bits per heavy atom. The van der Waals surface area contributed by atoms with E-state index in [9.17, 15) is 0 Å². The summed E-state index contributed by atoms with van der Waals surface area (Å²) in [7, 11) is 0. The Balaban J connectivity index is 1.26. The van der Waals surface area contributed by atoms with E-state index >= 15 is 0 Å². The summed E-state index contributed by atoms with van der Waals surface area (Å²) < 4.78 is 3.82. The zero-order valence-corrected chi connectivity index (χ0v) is 28.4. The molecule has 0 bridgehead atoms. The summed E-state index contributed by atoms with van der Waals surface area (Å²) >= 11 is 3.61. The molecule has 3 heterocycles. The van der Waals surface area contributed by atoms with Crippen molar-refractivity contribution < 1.29 is 0 Å². The Morgan fingerprint density at radius 2 is 1.10 bits per heavy atom. The zero-order valence-electron chi connectivity index (χ0n) is 26.7. The maximum atomic E-state index is 5.54. The van der Waals surface area contributed by atoms with Gasteiger partial charge in [0.15, 0.2) is 0 Å². The van der Waals surface area contributed by atoms with Crippen LogP contribution in [0.2, 0.25) is 0 Å². The molecule has 0 aliphatic rings. The van der Waals surface area contributed by atoms with E-state index in [1.54, 1.807) is 11.3 Å². The average Bonchev–Trinajstić information content (AvgIpc) is 3.74. The van der Waals surface area contributed by atoms with Crippen LogP contribution in [-0.4, -0.2) is 9.97 Å². The number of benzene rings is 8. The quantitative estimate of drug-likeness (QED) is 0.175. The van der Waals surface area contributed by atoms with E-state index in [1.807, 2.05) is 11.3 Å². The van der Waals surface area contributed by atoms with Gasteiger partial charge in [-0.3, -0.25) is 0 Å². The molecule has 2 nitrogen and oxygen atoms in total. The summed E-state index contributed by atoms with van der Waals surface area (Å²) in [4.78, 5) is 12.0. The number of aromatic nitrogens is 2. The standard InChI is InChI=1S/C46H26N2S2/c1-2-11-27(12-3-1)29-15-10-16-31(23-29)42-43(48-46-44(47-42)35-19-8-9-20-40(35)50-46)39-24-30-14-5-6-17-32(30)36-25-38-34-22-21-28-13-4-7-18-33(28)45(34)49-41(38)26-37(36)39/h1-26H. The minimum absolute atomic E-state index is 0.901. The van der Waals surface area contributed by atoms with Gasteiger partial charge in [0, 0.05) is 41.4 Å². The number of thiophene rings is 2. The van der Waals surface area contributed by atoms with E-state index in [2.05, 4.69) is 158 Å². The predicted octanol–water partition coefficient (Wildman–Crippen LogP) is 13.7.